The molecule has 2 aromatic heterocycles. The number of nitrogens with zero attached hydrogens (tertiary/aromatic N) is 5. The van der Waals surface area contributed by atoms with Gasteiger partial charge in [-0.05, 0) is 47.9 Å². The van der Waals surface area contributed by atoms with Crippen molar-refractivity contribution < 1.29 is 13.2 Å². The quantitative estimate of drug-likeness (QED) is 0.592. The van der Waals surface area contributed by atoms with Crippen molar-refractivity contribution in [3.05, 3.63) is 47.4 Å². The third-order valence-corrected chi connectivity index (χ3v) is 4.48. The molecule has 3 rings (SSSR count). The number of benzene rings is 1. The molecule has 0 aliphatic rings. The lowest BCUT2D eigenvalue weighted by Gasteiger charge is -2.16. The standard InChI is InChI=1S/C19H16ClF3N6/c1-3-13(9-24)26-17-7-11(6-16(20)27-17)15-8-12(19(21,22)23)4-5-14(15)18-28-25-10-29(18)2/h4-8,10,13H,3H2,1-2H3,(H,26,27). The second-order valence-electron chi connectivity index (χ2n) is 6.32. The van der Waals surface area contributed by atoms with E-state index in [0.717, 1.165) is 12.1 Å². The van der Waals surface area contributed by atoms with Crippen molar-refractivity contribution in [3.8, 4) is 28.6 Å². The maximum Gasteiger partial charge on any atom is 0.416 e. The molecule has 0 bridgehead atoms. The zero-order valence-corrected chi connectivity index (χ0v) is 16.3. The normalized spacial score (nSPS) is 12.4. The molecule has 0 amide bonds. The lowest BCUT2D eigenvalue weighted by Crippen LogP contribution is -2.16. The number of aryl methyl sites for hydroxylation is 1. The van der Waals surface area contributed by atoms with E-state index in [1.165, 1.54) is 18.5 Å². The van der Waals surface area contributed by atoms with Crippen LogP contribution < -0.4 is 5.32 Å². The number of hydrogen-bond donors (Lipinski definition) is 1. The van der Waals surface area contributed by atoms with Crippen LogP contribution in [0, 0.1) is 11.3 Å². The molecule has 0 saturated carbocycles. The summed E-state index contributed by atoms with van der Waals surface area (Å²) in [6.45, 7) is 1.82. The number of aromatic nitrogens is 4. The first-order valence-electron chi connectivity index (χ1n) is 8.62. The Morgan fingerprint density at radius 2 is 2.00 bits per heavy atom. The number of rotatable bonds is 5. The summed E-state index contributed by atoms with van der Waals surface area (Å²) >= 11 is 6.12. The van der Waals surface area contributed by atoms with Crippen LogP contribution >= 0.6 is 11.6 Å². The maximum absolute atomic E-state index is 13.3. The van der Waals surface area contributed by atoms with Crippen LogP contribution in [0.15, 0.2) is 36.7 Å². The summed E-state index contributed by atoms with van der Waals surface area (Å²) in [6, 6.07) is 8.00. The number of nitrogens with one attached hydrogen (secondary N) is 1. The van der Waals surface area contributed by atoms with E-state index in [4.69, 9.17) is 16.9 Å². The van der Waals surface area contributed by atoms with E-state index in [2.05, 4.69) is 26.6 Å². The highest BCUT2D eigenvalue weighted by Gasteiger charge is 2.31. The Balaban J connectivity index is 2.19. The second-order valence-corrected chi connectivity index (χ2v) is 6.71. The third-order valence-electron chi connectivity index (χ3n) is 4.29. The highest BCUT2D eigenvalue weighted by Crippen LogP contribution is 2.38. The number of alkyl halides is 3. The fourth-order valence-electron chi connectivity index (χ4n) is 2.81. The first kappa shape index (κ1) is 20.6. The minimum atomic E-state index is -4.51. The van der Waals surface area contributed by atoms with E-state index in [-0.39, 0.29) is 10.7 Å². The maximum atomic E-state index is 13.3. The number of pyridine rings is 1. The number of anilines is 1. The van der Waals surface area contributed by atoms with Gasteiger partial charge in [0, 0.05) is 12.6 Å². The smallest absolute Gasteiger partial charge is 0.354 e. The first-order chi connectivity index (χ1) is 13.7. The van der Waals surface area contributed by atoms with Crippen LogP contribution in [0.2, 0.25) is 5.15 Å². The summed E-state index contributed by atoms with van der Waals surface area (Å²) in [6.07, 6.45) is -2.53. The van der Waals surface area contributed by atoms with Gasteiger partial charge >= 0.3 is 6.18 Å². The zero-order valence-electron chi connectivity index (χ0n) is 15.5. The molecule has 0 radical (unpaired) electrons. The molecule has 1 aromatic carbocycles. The van der Waals surface area contributed by atoms with Crippen LogP contribution in [0.4, 0.5) is 19.0 Å². The molecular weight excluding hydrogens is 405 g/mol. The molecule has 1 N–H and O–H groups in total. The van der Waals surface area contributed by atoms with Gasteiger partial charge in [0.1, 0.15) is 23.3 Å². The van der Waals surface area contributed by atoms with Gasteiger partial charge < -0.3 is 9.88 Å². The van der Waals surface area contributed by atoms with Gasteiger partial charge in [0.05, 0.1) is 11.6 Å². The molecule has 1 atom stereocenters. The van der Waals surface area contributed by atoms with E-state index in [1.54, 1.807) is 17.7 Å². The van der Waals surface area contributed by atoms with Crippen molar-refractivity contribution in [2.45, 2.75) is 25.6 Å². The molecule has 2 heterocycles. The SMILES string of the molecule is CCC(C#N)Nc1cc(-c2cc(C(F)(F)F)ccc2-c2nncn2C)cc(Cl)n1. The third kappa shape index (κ3) is 4.49. The van der Waals surface area contributed by atoms with E-state index in [0.29, 0.717) is 29.2 Å². The number of nitriles is 1. The van der Waals surface area contributed by atoms with E-state index in [1.807, 2.05) is 6.92 Å². The average molecular weight is 421 g/mol. The predicted molar refractivity (Wildman–Crippen MR) is 103 cm³/mol. The molecule has 10 heteroatoms. The van der Waals surface area contributed by atoms with Crippen LogP contribution in [0.3, 0.4) is 0 Å². The van der Waals surface area contributed by atoms with Crippen molar-refractivity contribution in [1.29, 1.82) is 5.26 Å². The molecule has 0 fully saturated rings. The van der Waals surface area contributed by atoms with Crippen molar-refractivity contribution in [3.63, 3.8) is 0 Å². The van der Waals surface area contributed by atoms with E-state index >= 15 is 0 Å². The lowest BCUT2D eigenvalue weighted by atomic mass is 9.97. The van der Waals surface area contributed by atoms with Crippen LogP contribution in [-0.4, -0.2) is 25.8 Å². The molecule has 0 saturated heterocycles. The molecule has 6 nitrogen and oxygen atoms in total. The van der Waals surface area contributed by atoms with Gasteiger partial charge in [0.2, 0.25) is 0 Å². The summed E-state index contributed by atoms with van der Waals surface area (Å²) in [5.41, 5.74) is 0.334. The van der Waals surface area contributed by atoms with E-state index < -0.39 is 17.8 Å². The fraction of sp³-hybridized carbons (Fsp3) is 0.263. The van der Waals surface area contributed by atoms with Crippen molar-refractivity contribution in [2.75, 3.05) is 5.32 Å². The van der Waals surface area contributed by atoms with Crippen LogP contribution in [0.1, 0.15) is 18.9 Å². The van der Waals surface area contributed by atoms with Crippen molar-refractivity contribution in [2.24, 2.45) is 7.05 Å². The summed E-state index contributed by atoms with van der Waals surface area (Å²) in [5.74, 6) is 0.696. The number of halogens is 4. The highest BCUT2D eigenvalue weighted by molar-refractivity contribution is 6.29. The molecule has 0 spiro atoms. The molecular formula is C19H16ClF3N6. The molecule has 0 aliphatic heterocycles. The molecule has 0 aliphatic carbocycles. The van der Waals surface area contributed by atoms with Gasteiger partial charge in [-0.15, -0.1) is 10.2 Å². The van der Waals surface area contributed by atoms with Gasteiger partial charge in [-0.2, -0.15) is 18.4 Å². The zero-order chi connectivity index (χ0) is 21.2. The summed E-state index contributed by atoms with van der Waals surface area (Å²) in [5, 5.41) is 20.0. The summed E-state index contributed by atoms with van der Waals surface area (Å²) in [7, 11) is 1.70. The molecule has 3 aromatic rings. The van der Waals surface area contributed by atoms with Gasteiger partial charge in [0.15, 0.2) is 5.82 Å². The van der Waals surface area contributed by atoms with Crippen LogP contribution in [0.5, 0.6) is 0 Å². The molecule has 1 unspecified atom stereocenters. The highest BCUT2D eigenvalue weighted by atomic mass is 35.5. The second kappa shape index (κ2) is 8.09. The summed E-state index contributed by atoms with van der Waals surface area (Å²) in [4.78, 5) is 4.12. The Labute approximate surface area is 170 Å². The van der Waals surface area contributed by atoms with Crippen molar-refractivity contribution >= 4 is 17.4 Å². The molecule has 150 valence electrons. The molecule has 29 heavy (non-hydrogen) atoms. The van der Waals surface area contributed by atoms with Gasteiger partial charge in [-0.3, -0.25) is 0 Å². The Morgan fingerprint density at radius 3 is 2.59 bits per heavy atom. The van der Waals surface area contributed by atoms with Crippen LogP contribution in [0.25, 0.3) is 22.5 Å². The van der Waals surface area contributed by atoms with E-state index in [9.17, 15) is 13.2 Å². The van der Waals surface area contributed by atoms with Gasteiger partial charge in [0.25, 0.3) is 0 Å². The fourth-order valence-corrected chi connectivity index (χ4v) is 3.02. The number of hydrogen-bond acceptors (Lipinski definition) is 5. The Hall–Kier alpha value is -3.12. The minimum Gasteiger partial charge on any atom is -0.354 e. The van der Waals surface area contributed by atoms with Gasteiger partial charge in [-0.1, -0.05) is 18.5 Å². The first-order valence-corrected chi connectivity index (χ1v) is 9.00. The Kier molecular flexibility index (Phi) is 5.75. The summed E-state index contributed by atoms with van der Waals surface area (Å²) < 4.78 is 41.6. The lowest BCUT2D eigenvalue weighted by molar-refractivity contribution is -0.137. The average Bonchev–Trinajstić information content (AvgIpc) is 3.10. The topological polar surface area (TPSA) is 79.4 Å². The van der Waals surface area contributed by atoms with Crippen LogP contribution in [-0.2, 0) is 13.2 Å². The predicted octanol–water partition coefficient (Wildman–Crippen LogP) is 4.93. The van der Waals surface area contributed by atoms with Crippen molar-refractivity contribution in [1.82, 2.24) is 19.7 Å². The largest absolute Gasteiger partial charge is 0.416 e. The Bertz CT molecular complexity index is 1070. The monoisotopic (exact) mass is 420 g/mol. The van der Waals surface area contributed by atoms with Gasteiger partial charge in [-0.25, -0.2) is 4.98 Å². The Morgan fingerprint density at radius 1 is 1.24 bits per heavy atom. The minimum absolute atomic E-state index is 0.0825.